The Labute approximate surface area is 96.4 Å². The van der Waals surface area contributed by atoms with Crippen molar-refractivity contribution in [1.82, 2.24) is 4.98 Å². The molecule has 2 rings (SSSR count). The minimum absolute atomic E-state index is 0.693. The second-order valence-corrected chi connectivity index (χ2v) is 4.66. The van der Waals surface area contributed by atoms with E-state index in [9.17, 15) is 4.79 Å². The largest absolute Gasteiger partial charge is 0.298 e. The maximum absolute atomic E-state index is 10.7. The fourth-order valence-electron chi connectivity index (χ4n) is 1.32. The summed E-state index contributed by atoms with van der Waals surface area (Å²) in [6.07, 6.45) is 4.66. The Balaban J connectivity index is 2.56. The summed E-state index contributed by atoms with van der Waals surface area (Å²) in [5, 5.41) is 2.90. The molecule has 0 N–H and O–H groups in total. The van der Waals surface area contributed by atoms with Crippen molar-refractivity contribution >= 4 is 29.4 Å². The lowest BCUT2D eigenvalue weighted by Gasteiger charge is -2.04. The monoisotopic (exact) mass is 235 g/mol. The highest BCUT2D eigenvalue weighted by Gasteiger charge is 2.07. The van der Waals surface area contributed by atoms with Crippen LogP contribution in [-0.2, 0) is 0 Å². The molecule has 0 aliphatic heterocycles. The van der Waals surface area contributed by atoms with Crippen LogP contribution in [-0.4, -0.2) is 17.5 Å². The van der Waals surface area contributed by atoms with Gasteiger partial charge in [0.05, 0.1) is 0 Å². The Bertz CT molecular complexity index is 465. The topological polar surface area (TPSA) is 30.0 Å². The summed E-state index contributed by atoms with van der Waals surface area (Å²) in [6, 6.07) is 5.68. The second kappa shape index (κ2) is 4.59. The van der Waals surface area contributed by atoms with Crippen LogP contribution in [0.1, 0.15) is 10.4 Å². The van der Waals surface area contributed by atoms with Crippen molar-refractivity contribution in [1.29, 1.82) is 0 Å². The first-order valence-corrected chi connectivity index (χ1v) is 6.48. The van der Waals surface area contributed by atoms with Crippen LogP contribution >= 0.6 is 23.1 Å². The zero-order chi connectivity index (χ0) is 10.7. The van der Waals surface area contributed by atoms with E-state index in [1.165, 1.54) is 0 Å². The summed E-state index contributed by atoms with van der Waals surface area (Å²) >= 11 is 3.25. The van der Waals surface area contributed by atoms with Crippen molar-refractivity contribution in [2.24, 2.45) is 0 Å². The first-order chi connectivity index (χ1) is 7.35. The lowest BCUT2D eigenvalue weighted by molar-refractivity contribution is 0.112. The van der Waals surface area contributed by atoms with Gasteiger partial charge in [0.2, 0.25) is 0 Å². The first kappa shape index (κ1) is 10.4. The molecule has 0 saturated carbocycles. The molecule has 0 aliphatic rings. The van der Waals surface area contributed by atoms with Gasteiger partial charge >= 0.3 is 0 Å². The van der Waals surface area contributed by atoms with E-state index >= 15 is 0 Å². The van der Waals surface area contributed by atoms with Crippen molar-refractivity contribution < 1.29 is 4.79 Å². The van der Waals surface area contributed by atoms with Crippen LogP contribution in [0.4, 0.5) is 0 Å². The molecule has 0 amide bonds. The molecular weight excluding hydrogens is 226 g/mol. The van der Waals surface area contributed by atoms with Crippen LogP contribution in [0.15, 0.2) is 34.7 Å². The molecule has 2 aromatic rings. The molecular formula is C11H9NOS2. The minimum Gasteiger partial charge on any atom is -0.298 e. The van der Waals surface area contributed by atoms with Crippen LogP contribution in [0.25, 0.3) is 10.6 Å². The highest BCUT2D eigenvalue weighted by molar-refractivity contribution is 7.98. The van der Waals surface area contributed by atoms with Gasteiger partial charge < -0.3 is 0 Å². The lowest BCUT2D eigenvalue weighted by Crippen LogP contribution is -1.85. The summed E-state index contributed by atoms with van der Waals surface area (Å²) in [4.78, 5) is 16.1. The summed E-state index contributed by atoms with van der Waals surface area (Å²) in [6.45, 7) is 0. The molecule has 1 heterocycles. The van der Waals surface area contributed by atoms with Crippen LogP contribution in [0.3, 0.4) is 0 Å². The van der Waals surface area contributed by atoms with Crippen molar-refractivity contribution in [3.05, 3.63) is 35.3 Å². The number of rotatable bonds is 3. The number of hydrogen-bond donors (Lipinski definition) is 0. The van der Waals surface area contributed by atoms with Crippen molar-refractivity contribution in [2.45, 2.75) is 4.90 Å². The van der Waals surface area contributed by atoms with Gasteiger partial charge in [0.1, 0.15) is 11.3 Å². The van der Waals surface area contributed by atoms with E-state index in [2.05, 4.69) is 4.98 Å². The molecule has 0 radical (unpaired) electrons. The molecule has 0 spiro atoms. The van der Waals surface area contributed by atoms with Crippen LogP contribution in [0.5, 0.6) is 0 Å². The van der Waals surface area contributed by atoms with E-state index < -0.39 is 0 Å². The van der Waals surface area contributed by atoms with E-state index in [1.807, 2.05) is 29.8 Å². The Hall–Kier alpha value is -1.13. The van der Waals surface area contributed by atoms with Crippen molar-refractivity contribution in [3.8, 4) is 10.6 Å². The fraction of sp³-hybridized carbons (Fsp3) is 0.0909. The number of thioether (sulfide) groups is 1. The Morgan fingerprint density at radius 3 is 2.93 bits per heavy atom. The summed E-state index contributed by atoms with van der Waals surface area (Å²) in [5.41, 5.74) is 1.74. The van der Waals surface area contributed by atoms with Gasteiger partial charge in [0.15, 0.2) is 0 Å². The Morgan fingerprint density at radius 2 is 2.33 bits per heavy atom. The number of aromatic nitrogens is 1. The van der Waals surface area contributed by atoms with E-state index in [-0.39, 0.29) is 0 Å². The predicted molar refractivity (Wildman–Crippen MR) is 64.7 cm³/mol. The molecule has 0 aliphatic carbocycles. The smallest absolute Gasteiger partial charge is 0.150 e. The number of benzene rings is 1. The first-order valence-electron chi connectivity index (χ1n) is 4.38. The number of thiazole rings is 1. The molecule has 0 atom stereocenters. The lowest BCUT2D eigenvalue weighted by atomic mass is 10.1. The number of nitrogens with zero attached hydrogens (tertiary/aromatic N) is 1. The van der Waals surface area contributed by atoms with Gasteiger partial charge in [0, 0.05) is 27.6 Å². The number of hydrogen-bond acceptors (Lipinski definition) is 4. The third kappa shape index (κ3) is 2.11. The maximum atomic E-state index is 10.7. The highest BCUT2D eigenvalue weighted by Crippen LogP contribution is 2.31. The molecule has 0 saturated heterocycles. The van der Waals surface area contributed by atoms with Gasteiger partial charge in [-0.3, -0.25) is 4.79 Å². The Morgan fingerprint density at radius 1 is 1.47 bits per heavy atom. The summed E-state index contributed by atoms with van der Waals surface area (Å²) in [7, 11) is 0. The molecule has 76 valence electrons. The second-order valence-electron chi connectivity index (χ2n) is 2.91. The maximum Gasteiger partial charge on any atom is 0.150 e. The highest BCUT2D eigenvalue weighted by atomic mass is 32.2. The molecule has 15 heavy (non-hydrogen) atoms. The van der Waals surface area contributed by atoms with Gasteiger partial charge in [0.25, 0.3) is 0 Å². The standard InChI is InChI=1S/C11H9NOS2/c1-14-10-3-2-8(7-13)6-9(10)11-12-4-5-15-11/h2-7H,1H3. The fourth-order valence-corrected chi connectivity index (χ4v) is 2.63. The third-order valence-corrected chi connectivity index (χ3v) is 3.62. The third-order valence-electron chi connectivity index (χ3n) is 2.02. The van der Waals surface area contributed by atoms with Gasteiger partial charge in [-0.2, -0.15) is 0 Å². The molecule has 1 aromatic heterocycles. The predicted octanol–water partition coefficient (Wildman–Crippen LogP) is 3.34. The van der Waals surface area contributed by atoms with Crippen LogP contribution in [0, 0.1) is 0 Å². The van der Waals surface area contributed by atoms with Crippen molar-refractivity contribution in [3.63, 3.8) is 0 Å². The average Bonchev–Trinajstić information content (AvgIpc) is 2.81. The zero-order valence-electron chi connectivity index (χ0n) is 8.14. The van der Waals surface area contributed by atoms with Gasteiger partial charge in [-0.15, -0.1) is 23.1 Å². The van der Waals surface area contributed by atoms with Crippen LogP contribution in [0.2, 0.25) is 0 Å². The van der Waals surface area contributed by atoms with Crippen molar-refractivity contribution in [2.75, 3.05) is 6.26 Å². The quantitative estimate of drug-likeness (QED) is 0.603. The van der Waals surface area contributed by atoms with Gasteiger partial charge in [-0.25, -0.2) is 4.98 Å². The summed E-state index contributed by atoms with van der Waals surface area (Å²) in [5.74, 6) is 0. The SMILES string of the molecule is CSc1ccc(C=O)cc1-c1nccs1. The number of aldehydes is 1. The van der Waals surface area contributed by atoms with Gasteiger partial charge in [-0.05, 0) is 18.4 Å². The average molecular weight is 235 g/mol. The normalized spacial score (nSPS) is 10.2. The minimum atomic E-state index is 0.693. The van der Waals surface area contributed by atoms with E-state index in [0.717, 1.165) is 21.8 Å². The molecule has 4 heteroatoms. The van der Waals surface area contributed by atoms with E-state index in [0.29, 0.717) is 5.56 Å². The summed E-state index contributed by atoms with van der Waals surface area (Å²) < 4.78 is 0. The van der Waals surface area contributed by atoms with Gasteiger partial charge in [-0.1, -0.05) is 6.07 Å². The molecule has 0 unspecified atom stereocenters. The molecule has 1 aromatic carbocycles. The zero-order valence-corrected chi connectivity index (χ0v) is 9.77. The Kier molecular flexibility index (Phi) is 3.18. The van der Waals surface area contributed by atoms with Crippen LogP contribution < -0.4 is 0 Å². The molecule has 0 fully saturated rings. The number of carbonyl (C=O) groups excluding carboxylic acids is 1. The molecule has 0 bridgehead atoms. The molecule has 2 nitrogen and oxygen atoms in total. The van der Waals surface area contributed by atoms with E-state index in [4.69, 9.17) is 0 Å². The number of carbonyl (C=O) groups is 1. The van der Waals surface area contributed by atoms with E-state index in [1.54, 1.807) is 29.3 Å².